The number of hydrogen-bond donors (Lipinski definition) is 1. The van der Waals surface area contributed by atoms with Gasteiger partial charge in [0.25, 0.3) is 5.91 Å². The summed E-state index contributed by atoms with van der Waals surface area (Å²) < 4.78 is 4.71. The fourth-order valence-corrected chi connectivity index (χ4v) is 3.38. The Morgan fingerprint density at radius 3 is 2.64 bits per heavy atom. The molecule has 1 saturated carbocycles. The van der Waals surface area contributed by atoms with Crippen LogP contribution in [0.2, 0.25) is 5.02 Å². The van der Waals surface area contributed by atoms with Crippen molar-refractivity contribution < 1.29 is 14.1 Å². The topological polar surface area (TPSA) is 75.4 Å². The van der Waals surface area contributed by atoms with Crippen molar-refractivity contribution in [3.8, 4) is 0 Å². The quantitative estimate of drug-likeness (QED) is 0.880. The van der Waals surface area contributed by atoms with E-state index in [0.717, 1.165) is 32.1 Å². The summed E-state index contributed by atoms with van der Waals surface area (Å²) in [6.45, 7) is -0.0401. The van der Waals surface area contributed by atoms with Crippen LogP contribution < -0.4 is 5.32 Å². The molecule has 25 heavy (non-hydrogen) atoms. The minimum Gasteiger partial charge on any atom is -0.363 e. The van der Waals surface area contributed by atoms with E-state index >= 15 is 0 Å². The third-order valence-corrected chi connectivity index (χ3v) is 4.73. The van der Waals surface area contributed by atoms with Gasteiger partial charge >= 0.3 is 0 Å². The smallest absolute Gasteiger partial charge is 0.256 e. The Hall–Kier alpha value is -2.34. The van der Waals surface area contributed by atoms with Gasteiger partial charge < -0.3 is 14.7 Å². The van der Waals surface area contributed by atoms with E-state index in [1.54, 1.807) is 35.2 Å². The van der Waals surface area contributed by atoms with Gasteiger partial charge in [-0.2, -0.15) is 0 Å². The zero-order valence-corrected chi connectivity index (χ0v) is 14.5. The van der Waals surface area contributed by atoms with Gasteiger partial charge in [-0.3, -0.25) is 9.59 Å². The molecule has 7 heteroatoms. The highest BCUT2D eigenvalue weighted by atomic mass is 35.5. The summed E-state index contributed by atoms with van der Waals surface area (Å²) in [6.07, 6.45) is 6.45. The second-order valence-corrected chi connectivity index (χ2v) is 6.54. The van der Waals surface area contributed by atoms with Crippen molar-refractivity contribution in [3.63, 3.8) is 0 Å². The number of rotatable bonds is 5. The fourth-order valence-electron chi connectivity index (χ4n) is 3.16. The molecule has 0 bridgehead atoms. The highest BCUT2D eigenvalue weighted by Crippen LogP contribution is 2.26. The Labute approximate surface area is 151 Å². The minimum atomic E-state index is -0.306. The van der Waals surface area contributed by atoms with Gasteiger partial charge in [-0.25, -0.2) is 0 Å². The molecule has 0 radical (unpaired) electrons. The molecule has 1 aromatic heterocycles. The summed E-state index contributed by atoms with van der Waals surface area (Å²) in [6, 6.07) is 8.52. The van der Waals surface area contributed by atoms with Crippen LogP contribution in [0.15, 0.2) is 41.1 Å². The molecule has 1 aliphatic carbocycles. The number of hydrogen-bond acceptors (Lipinski definition) is 4. The first-order valence-electron chi connectivity index (χ1n) is 8.41. The molecule has 1 fully saturated rings. The Bertz CT molecular complexity index is 727. The maximum atomic E-state index is 13.0. The van der Waals surface area contributed by atoms with Gasteiger partial charge in [0.2, 0.25) is 5.91 Å². The lowest BCUT2D eigenvalue weighted by Gasteiger charge is -2.34. The van der Waals surface area contributed by atoms with Crippen molar-refractivity contribution in [2.75, 3.05) is 11.9 Å². The zero-order chi connectivity index (χ0) is 17.6. The normalized spacial score (nSPS) is 14.9. The van der Waals surface area contributed by atoms with Gasteiger partial charge in [0.05, 0.1) is 10.6 Å². The van der Waals surface area contributed by atoms with E-state index in [1.807, 2.05) is 0 Å². The molecule has 0 unspecified atom stereocenters. The lowest BCUT2D eigenvalue weighted by atomic mass is 9.93. The summed E-state index contributed by atoms with van der Waals surface area (Å²) in [5.74, 6) is -0.188. The maximum Gasteiger partial charge on any atom is 0.256 e. The van der Waals surface area contributed by atoms with Crippen LogP contribution in [0.3, 0.4) is 0 Å². The third kappa shape index (κ3) is 4.39. The summed E-state index contributed by atoms with van der Waals surface area (Å²) in [5.41, 5.74) is 0.420. The number of aromatic nitrogens is 1. The van der Waals surface area contributed by atoms with Crippen LogP contribution in [-0.4, -0.2) is 34.5 Å². The number of anilines is 1. The Balaban J connectivity index is 1.78. The SMILES string of the molecule is O=C(CN(C(=O)c1ccccc1Cl)C1CCCCC1)Nc1ccon1. The minimum absolute atomic E-state index is 0.0401. The van der Waals surface area contributed by atoms with Gasteiger partial charge in [-0.05, 0) is 25.0 Å². The second-order valence-electron chi connectivity index (χ2n) is 6.14. The average molecular weight is 362 g/mol. The molecule has 1 aromatic carbocycles. The molecule has 0 atom stereocenters. The van der Waals surface area contributed by atoms with Crippen LogP contribution in [-0.2, 0) is 4.79 Å². The molecule has 132 valence electrons. The highest BCUT2D eigenvalue weighted by molar-refractivity contribution is 6.33. The zero-order valence-electron chi connectivity index (χ0n) is 13.8. The van der Waals surface area contributed by atoms with Crippen molar-refractivity contribution >= 4 is 29.2 Å². The molecule has 6 nitrogen and oxygen atoms in total. The van der Waals surface area contributed by atoms with Crippen LogP contribution in [0.5, 0.6) is 0 Å². The van der Waals surface area contributed by atoms with Crippen LogP contribution >= 0.6 is 11.6 Å². The Kier molecular flexibility index (Phi) is 5.71. The molecular formula is C18H20ClN3O3. The van der Waals surface area contributed by atoms with Crippen molar-refractivity contribution in [3.05, 3.63) is 47.2 Å². The number of benzene rings is 1. The number of nitrogens with one attached hydrogen (secondary N) is 1. The second kappa shape index (κ2) is 8.16. The van der Waals surface area contributed by atoms with Crippen molar-refractivity contribution in [2.45, 2.75) is 38.1 Å². The maximum absolute atomic E-state index is 13.0. The van der Waals surface area contributed by atoms with Crippen LogP contribution in [0, 0.1) is 0 Å². The standard InChI is InChI=1S/C18H20ClN3O3/c19-15-9-5-4-8-14(15)18(24)22(13-6-2-1-3-7-13)12-17(23)20-16-10-11-25-21-16/h4-5,8-11,13H,1-3,6-7,12H2,(H,20,21,23). The molecule has 2 aromatic rings. The van der Waals surface area contributed by atoms with E-state index in [-0.39, 0.29) is 24.4 Å². The first kappa shape index (κ1) is 17.5. The lowest BCUT2D eigenvalue weighted by Crippen LogP contribution is -2.45. The van der Waals surface area contributed by atoms with Gasteiger partial charge in [0.15, 0.2) is 5.82 Å². The van der Waals surface area contributed by atoms with E-state index in [9.17, 15) is 9.59 Å². The van der Waals surface area contributed by atoms with Gasteiger partial charge in [-0.1, -0.05) is 48.2 Å². The molecule has 1 heterocycles. The fraction of sp³-hybridized carbons (Fsp3) is 0.389. The van der Waals surface area contributed by atoms with Gasteiger partial charge in [0, 0.05) is 12.1 Å². The predicted octanol–water partition coefficient (Wildman–Crippen LogP) is 3.74. The Morgan fingerprint density at radius 2 is 1.96 bits per heavy atom. The number of nitrogens with zero attached hydrogens (tertiary/aromatic N) is 2. The molecule has 3 rings (SSSR count). The summed E-state index contributed by atoms with van der Waals surface area (Å²) >= 11 is 6.18. The first-order valence-corrected chi connectivity index (χ1v) is 8.78. The van der Waals surface area contributed by atoms with Crippen molar-refractivity contribution in [1.29, 1.82) is 0 Å². The number of amides is 2. The largest absolute Gasteiger partial charge is 0.363 e. The predicted molar refractivity (Wildman–Crippen MR) is 94.5 cm³/mol. The third-order valence-electron chi connectivity index (χ3n) is 4.40. The summed E-state index contributed by atoms with van der Waals surface area (Å²) in [7, 11) is 0. The molecule has 0 spiro atoms. The van der Waals surface area contributed by atoms with Gasteiger partial charge in [-0.15, -0.1) is 0 Å². The molecular weight excluding hydrogens is 342 g/mol. The first-order chi connectivity index (χ1) is 12.1. The molecule has 0 saturated heterocycles. The van der Waals surface area contributed by atoms with Crippen LogP contribution in [0.25, 0.3) is 0 Å². The van der Waals surface area contributed by atoms with E-state index in [0.29, 0.717) is 16.4 Å². The molecule has 1 N–H and O–H groups in total. The van der Waals surface area contributed by atoms with E-state index in [1.165, 1.54) is 6.26 Å². The van der Waals surface area contributed by atoms with Crippen LogP contribution in [0.1, 0.15) is 42.5 Å². The Morgan fingerprint density at radius 1 is 1.20 bits per heavy atom. The van der Waals surface area contributed by atoms with Crippen LogP contribution in [0.4, 0.5) is 5.82 Å². The molecule has 0 aliphatic heterocycles. The number of carbonyl (C=O) groups excluding carboxylic acids is 2. The van der Waals surface area contributed by atoms with Gasteiger partial charge in [0.1, 0.15) is 12.8 Å². The monoisotopic (exact) mass is 361 g/mol. The van der Waals surface area contributed by atoms with E-state index < -0.39 is 0 Å². The lowest BCUT2D eigenvalue weighted by molar-refractivity contribution is -0.117. The summed E-state index contributed by atoms with van der Waals surface area (Å²) in [5, 5.41) is 6.70. The van der Waals surface area contributed by atoms with Crippen molar-refractivity contribution in [1.82, 2.24) is 10.1 Å². The molecule has 2 amide bonds. The summed E-state index contributed by atoms with van der Waals surface area (Å²) in [4.78, 5) is 27.0. The number of halogens is 1. The number of carbonyl (C=O) groups is 2. The highest BCUT2D eigenvalue weighted by Gasteiger charge is 2.29. The van der Waals surface area contributed by atoms with E-state index in [2.05, 4.69) is 10.5 Å². The van der Waals surface area contributed by atoms with E-state index in [4.69, 9.17) is 16.1 Å². The molecule has 1 aliphatic rings. The van der Waals surface area contributed by atoms with Crippen molar-refractivity contribution in [2.24, 2.45) is 0 Å². The average Bonchev–Trinajstić information content (AvgIpc) is 3.13.